The average molecular weight is 312 g/mol. The number of halogens is 2. The molecule has 6 heteroatoms. The summed E-state index contributed by atoms with van der Waals surface area (Å²) in [5.74, 6) is -1.89. The quantitative estimate of drug-likeness (QED) is 0.821. The maximum absolute atomic E-state index is 13.1. The third-order valence-corrected chi connectivity index (χ3v) is 4.85. The first kappa shape index (κ1) is 14.3. The van der Waals surface area contributed by atoms with E-state index in [1.54, 1.807) is 6.07 Å². The number of carbonyl (C=O) groups is 2. The molecule has 4 nitrogen and oxygen atoms in total. The van der Waals surface area contributed by atoms with E-state index in [1.165, 1.54) is 12.1 Å². The molecular weight excluding hydrogens is 297 g/mol. The highest BCUT2D eigenvalue weighted by atomic mass is 35.5. The number of amides is 1. The Balaban J connectivity index is 1.70. The average Bonchev–Trinajstić information content (AvgIpc) is 3.30. The van der Waals surface area contributed by atoms with E-state index in [9.17, 15) is 14.0 Å². The zero-order valence-corrected chi connectivity index (χ0v) is 12.0. The van der Waals surface area contributed by atoms with Gasteiger partial charge in [0.1, 0.15) is 11.2 Å². The molecular formula is C15H15ClFNO3. The molecule has 0 spiro atoms. The van der Waals surface area contributed by atoms with Gasteiger partial charge in [-0.1, -0.05) is 17.7 Å². The fourth-order valence-electron chi connectivity index (χ4n) is 2.69. The second-order valence-electron chi connectivity index (χ2n) is 5.97. The molecule has 1 aromatic carbocycles. The Hall–Kier alpha value is -1.62. The lowest BCUT2D eigenvalue weighted by Crippen LogP contribution is -2.40. The van der Waals surface area contributed by atoms with Crippen LogP contribution in [-0.2, 0) is 15.0 Å². The number of hydrogen-bond acceptors (Lipinski definition) is 2. The SMILES string of the molecule is O=C(O)C1(C(=O)NCC2(c3ccc(F)cc3Cl)CC2)CC1. The number of carboxylic acids is 1. The summed E-state index contributed by atoms with van der Waals surface area (Å²) in [7, 11) is 0. The van der Waals surface area contributed by atoms with E-state index in [0.717, 1.165) is 18.4 Å². The smallest absolute Gasteiger partial charge is 0.319 e. The van der Waals surface area contributed by atoms with Crippen LogP contribution in [0.3, 0.4) is 0 Å². The van der Waals surface area contributed by atoms with E-state index in [2.05, 4.69) is 5.32 Å². The molecule has 2 N–H and O–H groups in total. The predicted octanol–water partition coefficient (Wildman–Crippen LogP) is 2.49. The Bertz CT molecular complexity index is 623. The molecule has 2 aliphatic carbocycles. The maximum atomic E-state index is 13.1. The predicted molar refractivity (Wildman–Crippen MR) is 74.6 cm³/mol. The van der Waals surface area contributed by atoms with Crippen LogP contribution in [0.2, 0.25) is 5.02 Å². The summed E-state index contributed by atoms with van der Waals surface area (Å²) in [5, 5.41) is 12.2. The maximum Gasteiger partial charge on any atom is 0.319 e. The molecule has 1 aromatic rings. The molecule has 2 fully saturated rings. The van der Waals surface area contributed by atoms with Gasteiger partial charge in [0, 0.05) is 17.0 Å². The molecule has 0 unspecified atom stereocenters. The zero-order valence-electron chi connectivity index (χ0n) is 11.3. The van der Waals surface area contributed by atoms with Crippen LogP contribution < -0.4 is 5.32 Å². The Labute approximate surface area is 126 Å². The van der Waals surface area contributed by atoms with Crippen molar-refractivity contribution in [1.29, 1.82) is 0 Å². The van der Waals surface area contributed by atoms with Crippen LogP contribution in [0.1, 0.15) is 31.2 Å². The molecule has 2 saturated carbocycles. The number of nitrogens with one attached hydrogen (secondary N) is 1. The van der Waals surface area contributed by atoms with Gasteiger partial charge in [-0.15, -0.1) is 0 Å². The normalized spacial score (nSPS) is 20.7. The van der Waals surface area contributed by atoms with E-state index in [0.29, 0.717) is 24.4 Å². The van der Waals surface area contributed by atoms with Crippen LogP contribution in [0.25, 0.3) is 0 Å². The third-order valence-electron chi connectivity index (χ3n) is 4.54. The number of carboxylic acid groups (broad SMARTS) is 1. The monoisotopic (exact) mass is 311 g/mol. The highest BCUT2D eigenvalue weighted by Crippen LogP contribution is 2.51. The van der Waals surface area contributed by atoms with Gasteiger partial charge in [-0.3, -0.25) is 9.59 Å². The van der Waals surface area contributed by atoms with Crippen molar-refractivity contribution in [3.05, 3.63) is 34.6 Å². The molecule has 0 radical (unpaired) electrons. The number of carbonyl (C=O) groups excluding carboxylic acids is 1. The van der Waals surface area contributed by atoms with Crippen molar-refractivity contribution in [2.45, 2.75) is 31.1 Å². The Morgan fingerprint density at radius 2 is 1.95 bits per heavy atom. The zero-order chi connectivity index (χ0) is 15.3. The fraction of sp³-hybridized carbons (Fsp3) is 0.467. The molecule has 0 atom stereocenters. The largest absolute Gasteiger partial charge is 0.480 e. The second kappa shape index (κ2) is 4.70. The second-order valence-corrected chi connectivity index (χ2v) is 6.38. The minimum absolute atomic E-state index is 0.283. The Morgan fingerprint density at radius 3 is 2.43 bits per heavy atom. The molecule has 1 amide bonds. The van der Waals surface area contributed by atoms with Gasteiger partial charge in [-0.05, 0) is 43.4 Å². The lowest BCUT2D eigenvalue weighted by molar-refractivity contribution is -0.149. The minimum atomic E-state index is -1.23. The molecule has 2 aliphatic rings. The van der Waals surface area contributed by atoms with Crippen LogP contribution in [0.4, 0.5) is 4.39 Å². The van der Waals surface area contributed by atoms with Gasteiger partial charge in [0.15, 0.2) is 0 Å². The molecule has 0 saturated heterocycles. The van der Waals surface area contributed by atoms with E-state index in [4.69, 9.17) is 16.7 Å². The van der Waals surface area contributed by atoms with Crippen molar-refractivity contribution in [3.63, 3.8) is 0 Å². The van der Waals surface area contributed by atoms with Crippen LogP contribution in [-0.4, -0.2) is 23.5 Å². The van der Waals surface area contributed by atoms with Crippen LogP contribution in [0, 0.1) is 11.2 Å². The lowest BCUT2D eigenvalue weighted by atomic mass is 9.95. The van der Waals surface area contributed by atoms with Gasteiger partial charge < -0.3 is 10.4 Å². The number of benzene rings is 1. The van der Waals surface area contributed by atoms with Crippen LogP contribution in [0.5, 0.6) is 0 Å². The van der Waals surface area contributed by atoms with Gasteiger partial charge in [-0.25, -0.2) is 4.39 Å². The Morgan fingerprint density at radius 1 is 1.29 bits per heavy atom. The van der Waals surface area contributed by atoms with Gasteiger partial charge >= 0.3 is 5.97 Å². The topological polar surface area (TPSA) is 66.4 Å². The van der Waals surface area contributed by atoms with Crippen molar-refractivity contribution >= 4 is 23.5 Å². The minimum Gasteiger partial charge on any atom is -0.480 e. The summed E-state index contributed by atoms with van der Waals surface area (Å²) in [5.41, 5.74) is -0.705. The fourth-order valence-corrected chi connectivity index (χ4v) is 3.06. The molecule has 0 aromatic heterocycles. The Kier molecular flexibility index (Phi) is 3.20. The molecule has 3 rings (SSSR count). The summed E-state index contributed by atoms with van der Waals surface area (Å²) in [6.07, 6.45) is 2.47. The first-order chi connectivity index (χ1) is 9.90. The first-order valence-corrected chi connectivity index (χ1v) is 7.25. The summed E-state index contributed by atoms with van der Waals surface area (Å²) in [6.45, 7) is 0.339. The summed E-state index contributed by atoms with van der Waals surface area (Å²) < 4.78 is 13.1. The van der Waals surface area contributed by atoms with E-state index in [1.807, 2.05) is 0 Å². The first-order valence-electron chi connectivity index (χ1n) is 6.87. The van der Waals surface area contributed by atoms with Gasteiger partial charge in [0.2, 0.25) is 5.91 Å². The van der Waals surface area contributed by atoms with E-state index < -0.39 is 23.1 Å². The van der Waals surface area contributed by atoms with Crippen molar-refractivity contribution in [3.8, 4) is 0 Å². The number of aliphatic carboxylic acids is 1. The summed E-state index contributed by atoms with van der Waals surface area (Å²) >= 11 is 6.08. The lowest BCUT2D eigenvalue weighted by Gasteiger charge is -2.19. The van der Waals surface area contributed by atoms with Gasteiger partial charge in [0.25, 0.3) is 0 Å². The highest BCUT2D eigenvalue weighted by Gasteiger charge is 2.57. The van der Waals surface area contributed by atoms with Crippen molar-refractivity contribution in [2.24, 2.45) is 5.41 Å². The van der Waals surface area contributed by atoms with Crippen molar-refractivity contribution in [2.75, 3.05) is 6.54 Å². The molecule has 0 bridgehead atoms. The highest BCUT2D eigenvalue weighted by molar-refractivity contribution is 6.31. The number of hydrogen-bond donors (Lipinski definition) is 2. The molecule has 112 valence electrons. The summed E-state index contributed by atoms with van der Waals surface area (Å²) in [6, 6.07) is 4.25. The number of rotatable bonds is 5. The van der Waals surface area contributed by atoms with Crippen LogP contribution in [0.15, 0.2) is 18.2 Å². The molecule has 0 heterocycles. The van der Waals surface area contributed by atoms with Crippen molar-refractivity contribution in [1.82, 2.24) is 5.32 Å². The summed E-state index contributed by atoms with van der Waals surface area (Å²) in [4.78, 5) is 23.1. The van der Waals surface area contributed by atoms with E-state index >= 15 is 0 Å². The molecule has 0 aliphatic heterocycles. The van der Waals surface area contributed by atoms with E-state index in [-0.39, 0.29) is 5.41 Å². The van der Waals surface area contributed by atoms with Crippen molar-refractivity contribution < 1.29 is 19.1 Å². The standard InChI is InChI=1S/C15H15ClFNO3/c16-11-7-9(17)1-2-10(11)14(3-4-14)8-18-12(19)15(5-6-15)13(20)21/h1-2,7H,3-6,8H2,(H,18,19)(H,20,21). The van der Waals surface area contributed by atoms with Gasteiger partial charge in [-0.2, -0.15) is 0 Å². The molecule has 21 heavy (non-hydrogen) atoms. The third kappa shape index (κ3) is 2.39. The van der Waals surface area contributed by atoms with Gasteiger partial charge in [0.05, 0.1) is 0 Å². The van der Waals surface area contributed by atoms with Crippen LogP contribution >= 0.6 is 11.6 Å².